The molecule has 0 aliphatic carbocycles. The van der Waals surface area contributed by atoms with Crippen LogP contribution in [0.2, 0.25) is 0 Å². The van der Waals surface area contributed by atoms with Gasteiger partial charge < -0.3 is 4.84 Å². The van der Waals surface area contributed by atoms with Crippen LogP contribution in [-0.2, 0) is 4.84 Å². The summed E-state index contributed by atoms with van der Waals surface area (Å²) in [6.07, 6.45) is 0. The summed E-state index contributed by atoms with van der Waals surface area (Å²) in [6.45, 7) is 7.99. The van der Waals surface area contributed by atoms with Crippen molar-refractivity contribution in [3.05, 3.63) is 35.4 Å². The SMILES string of the molecule is CC.CO/N=C(/C)c1cccc(C)c1. The third kappa shape index (κ3) is 4.08. The van der Waals surface area contributed by atoms with Gasteiger partial charge in [0.1, 0.15) is 7.11 Å². The Morgan fingerprint density at radius 1 is 1.29 bits per heavy atom. The van der Waals surface area contributed by atoms with Gasteiger partial charge in [0.15, 0.2) is 0 Å². The van der Waals surface area contributed by atoms with Gasteiger partial charge in [-0.15, -0.1) is 0 Å². The Labute approximate surface area is 86.6 Å². The predicted octanol–water partition coefficient (Wildman–Crippen LogP) is 3.39. The molecule has 0 fully saturated rings. The van der Waals surface area contributed by atoms with Crippen molar-refractivity contribution in [1.82, 2.24) is 0 Å². The van der Waals surface area contributed by atoms with Crippen molar-refractivity contribution in [2.75, 3.05) is 7.11 Å². The third-order valence-electron chi connectivity index (χ3n) is 1.66. The minimum Gasteiger partial charge on any atom is -0.399 e. The quantitative estimate of drug-likeness (QED) is 0.521. The van der Waals surface area contributed by atoms with Crippen molar-refractivity contribution < 1.29 is 4.84 Å². The van der Waals surface area contributed by atoms with E-state index in [9.17, 15) is 0 Å². The average Bonchev–Trinajstić information content (AvgIpc) is 2.21. The maximum absolute atomic E-state index is 4.69. The van der Waals surface area contributed by atoms with E-state index >= 15 is 0 Å². The molecule has 1 aromatic carbocycles. The average molecular weight is 193 g/mol. The van der Waals surface area contributed by atoms with Crippen LogP contribution in [0.15, 0.2) is 29.4 Å². The summed E-state index contributed by atoms with van der Waals surface area (Å²) < 4.78 is 0. The zero-order valence-corrected chi connectivity index (χ0v) is 9.66. The lowest BCUT2D eigenvalue weighted by Crippen LogP contribution is -1.95. The standard InChI is InChI=1S/C10H13NO.C2H6/c1-8-5-4-6-10(7-8)9(2)11-12-3;1-2/h4-7H,1-3H3;1-2H3/b11-9-;. The second kappa shape index (κ2) is 7.13. The molecule has 2 heteroatoms. The molecule has 0 aliphatic heterocycles. The number of rotatable bonds is 2. The number of oxime groups is 1. The van der Waals surface area contributed by atoms with Crippen LogP contribution in [0.5, 0.6) is 0 Å². The lowest BCUT2D eigenvalue weighted by molar-refractivity contribution is 0.213. The van der Waals surface area contributed by atoms with E-state index in [1.165, 1.54) is 5.56 Å². The summed E-state index contributed by atoms with van der Waals surface area (Å²) in [5.41, 5.74) is 3.25. The molecule has 0 heterocycles. The second-order valence-corrected chi connectivity index (χ2v) is 2.73. The maximum atomic E-state index is 4.69. The number of nitrogens with zero attached hydrogens (tertiary/aromatic N) is 1. The van der Waals surface area contributed by atoms with E-state index < -0.39 is 0 Å². The zero-order valence-electron chi connectivity index (χ0n) is 9.66. The van der Waals surface area contributed by atoms with Gasteiger partial charge in [-0.05, 0) is 19.4 Å². The first kappa shape index (κ1) is 12.7. The first-order valence-electron chi connectivity index (χ1n) is 4.89. The smallest absolute Gasteiger partial charge is 0.106 e. The van der Waals surface area contributed by atoms with Crippen molar-refractivity contribution in [3.63, 3.8) is 0 Å². The molecule has 0 radical (unpaired) electrons. The molecule has 0 aromatic heterocycles. The number of hydrogen-bond acceptors (Lipinski definition) is 2. The van der Waals surface area contributed by atoms with E-state index in [0.717, 1.165) is 11.3 Å². The molecule has 0 N–H and O–H groups in total. The molecule has 1 rings (SSSR count). The first-order chi connectivity index (χ1) is 6.74. The molecule has 2 nitrogen and oxygen atoms in total. The molecule has 0 bridgehead atoms. The summed E-state index contributed by atoms with van der Waals surface area (Å²) in [4.78, 5) is 4.69. The Morgan fingerprint density at radius 3 is 2.43 bits per heavy atom. The number of aryl methyl sites for hydroxylation is 1. The van der Waals surface area contributed by atoms with Crippen LogP contribution in [0, 0.1) is 6.92 Å². The van der Waals surface area contributed by atoms with E-state index in [0.29, 0.717) is 0 Å². The van der Waals surface area contributed by atoms with Crippen molar-refractivity contribution >= 4 is 5.71 Å². The van der Waals surface area contributed by atoms with E-state index in [2.05, 4.69) is 29.0 Å². The highest BCUT2D eigenvalue weighted by molar-refractivity contribution is 5.98. The molecule has 0 saturated heterocycles. The van der Waals surface area contributed by atoms with E-state index in [1.54, 1.807) is 7.11 Å². The topological polar surface area (TPSA) is 21.6 Å². The molecule has 0 aliphatic rings. The molecule has 1 aromatic rings. The normalized spacial score (nSPS) is 10.2. The summed E-state index contributed by atoms with van der Waals surface area (Å²) in [6, 6.07) is 8.17. The van der Waals surface area contributed by atoms with Crippen LogP contribution in [0.3, 0.4) is 0 Å². The largest absolute Gasteiger partial charge is 0.399 e. The number of benzene rings is 1. The second-order valence-electron chi connectivity index (χ2n) is 2.73. The van der Waals surface area contributed by atoms with Gasteiger partial charge in [-0.25, -0.2) is 0 Å². The van der Waals surface area contributed by atoms with E-state index in [-0.39, 0.29) is 0 Å². The molecular formula is C12H19NO. The highest BCUT2D eigenvalue weighted by Crippen LogP contribution is 2.05. The van der Waals surface area contributed by atoms with Gasteiger partial charge in [0.05, 0.1) is 5.71 Å². The molecular weight excluding hydrogens is 174 g/mol. The van der Waals surface area contributed by atoms with E-state index in [1.807, 2.05) is 32.9 Å². The Morgan fingerprint density at radius 2 is 1.93 bits per heavy atom. The fraction of sp³-hybridized carbons (Fsp3) is 0.417. The van der Waals surface area contributed by atoms with Gasteiger partial charge in [-0.2, -0.15) is 0 Å². The molecule has 78 valence electrons. The summed E-state index contributed by atoms with van der Waals surface area (Å²) >= 11 is 0. The first-order valence-corrected chi connectivity index (χ1v) is 4.89. The molecule has 0 saturated carbocycles. The lowest BCUT2D eigenvalue weighted by Gasteiger charge is -2.00. The van der Waals surface area contributed by atoms with Crippen LogP contribution in [-0.4, -0.2) is 12.8 Å². The molecule has 14 heavy (non-hydrogen) atoms. The third-order valence-corrected chi connectivity index (χ3v) is 1.66. The van der Waals surface area contributed by atoms with Crippen molar-refractivity contribution in [3.8, 4) is 0 Å². The highest BCUT2D eigenvalue weighted by atomic mass is 16.6. The number of hydrogen-bond donors (Lipinski definition) is 0. The van der Waals surface area contributed by atoms with Crippen LogP contribution < -0.4 is 0 Å². The maximum Gasteiger partial charge on any atom is 0.106 e. The van der Waals surface area contributed by atoms with Gasteiger partial charge in [-0.3, -0.25) is 0 Å². The minimum absolute atomic E-state index is 0.904. The Hall–Kier alpha value is -1.31. The Kier molecular flexibility index (Phi) is 6.46. The van der Waals surface area contributed by atoms with Gasteiger partial charge in [0.2, 0.25) is 0 Å². The van der Waals surface area contributed by atoms with Crippen LogP contribution >= 0.6 is 0 Å². The van der Waals surface area contributed by atoms with Crippen molar-refractivity contribution in [2.24, 2.45) is 5.16 Å². The summed E-state index contributed by atoms with van der Waals surface area (Å²) in [5.74, 6) is 0. The molecule has 0 atom stereocenters. The van der Waals surface area contributed by atoms with Gasteiger partial charge in [0, 0.05) is 0 Å². The van der Waals surface area contributed by atoms with Crippen LogP contribution in [0.1, 0.15) is 31.9 Å². The molecule has 0 unspecified atom stereocenters. The van der Waals surface area contributed by atoms with E-state index in [4.69, 9.17) is 0 Å². The van der Waals surface area contributed by atoms with Crippen LogP contribution in [0.25, 0.3) is 0 Å². The highest BCUT2D eigenvalue weighted by Gasteiger charge is 1.96. The summed E-state index contributed by atoms with van der Waals surface area (Å²) in [5, 5.41) is 3.85. The van der Waals surface area contributed by atoms with Crippen molar-refractivity contribution in [1.29, 1.82) is 0 Å². The molecule has 0 amide bonds. The Balaban J connectivity index is 0.000000791. The fourth-order valence-electron chi connectivity index (χ4n) is 1.06. The fourth-order valence-corrected chi connectivity index (χ4v) is 1.06. The molecule has 0 spiro atoms. The minimum atomic E-state index is 0.904. The van der Waals surface area contributed by atoms with Gasteiger partial charge >= 0.3 is 0 Å². The van der Waals surface area contributed by atoms with Crippen molar-refractivity contribution in [2.45, 2.75) is 27.7 Å². The van der Waals surface area contributed by atoms with Gasteiger partial charge in [0.25, 0.3) is 0 Å². The lowest BCUT2D eigenvalue weighted by atomic mass is 10.1. The monoisotopic (exact) mass is 193 g/mol. The van der Waals surface area contributed by atoms with Gasteiger partial charge in [-0.1, -0.05) is 48.8 Å². The summed E-state index contributed by atoms with van der Waals surface area (Å²) in [7, 11) is 1.55. The Bertz CT molecular complexity index is 292. The zero-order chi connectivity index (χ0) is 11.0. The predicted molar refractivity (Wildman–Crippen MR) is 61.7 cm³/mol. The van der Waals surface area contributed by atoms with Crippen LogP contribution in [0.4, 0.5) is 0 Å².